The van der Waals surface area contributed by atoms with Crippen molar-refractivity contribution in [2.75, 3.05) is 33.2 Å². The van der Waals surface area contributed by atoms with Gasteiger partial charge in [0, 0.05) is 25.0 Å². The van der Waals surface area contributed by atoms with Gasteiger partial charge in [0.15, 0.2) is 0 Å². The standard InChI is InChI=1S/C16H30N4O2/c1-20-11-7-14(8-12-20)19-16(22)18-10-9-17-15(21)13-5-3-2-4-6-13/h13-14H,2-12H2,1H3,(H,17,21)(H2,18,19,22). The molecule has 3 amide bonds. The smallest absolute Gasteiger partial charge is 0.315 e. The molecule has 2 rings (SSSR count). The molecule has 6 nitrogen and oxygen atoms in total. The fourth-order valence-electron chi connectivity index (χ4n) is 3.26. The summed E-state index contributed by atoms with van der Waals surface area (Å²) in [6.45, 7) is 3.05. The van der Waals surface area contributed by atoms with E-state index < -0.39 is 0 Å². The third-order valence-electron chi connectivity index (χ3n) is 4.74. The lowest BCUT2D eigenvalue weighted by Gasteiger charge is -2.29. The van der Waals surface area contributed by atoms with Crippen molar-refractivity contribution in [2.24, 2.45) is 5.92 Å². The fraction of sp³-hybridized carbons (Fsp3) is 0.875. The Bertz CT molecular complexity index is 361. The molecule has 0 bridgehead atoms. The van der Waals surface area contributed by atoms with Crippen molar-refractivity contribution in [1.29, 1.82) is 0 Å². The van der Waals surface area contributed by atoms with Crippen LogP contribution in [-0.4, -0.2) is 56.1 Å². The zero-order valence-electron chi connectivity index (χ0n) is 13.7. The molecule has 0 radical (unpaired) electrons. The van der Waals surface area contributed by atoms with Crippen LogP contribution in [0, 0.1) is 5.92 Å². The number of hydrogen-bond acceptors (Lipinski definition) is 3. The lowest BCUT2D eigenvalue weighted by Crippen LogP contribution is -2.48. The monoisotopic (exact) mass is 310 g/mol. The highest BCUT2D eigenvalue weighted by Crippen LogP contribution is 2.23. The van der Waals surface area contributed by atoms with Crippen molar-refractivity contribution >= 4 is 11.9 Å². The molecule has 0 unspecified atom stereocenters. The van der Waals surface area contributed by atoms with Crippen molar-refractivity contribution in [1.82, 2.24) is 20.9 Å². The summed E-state index contributed by atoms with van der Waals surface area (Å²) in [5, 5.41) is 8.75. The maximum absolute atomic E-state index is 11.9. The molecule has 1 saturated carbocycles. The Labute approximate surface area is 133 Å². The van der Waals surface area contributed by atoms with Crippen molar-refractivity contribution in [3.8, 4) is 0 Å². The molecule has 2 fully saturated rings. The summed E-state index contributed by atoms with van der Waals surface area (Å²) >= 11 is 0. The molecule has 22 heavy (non-hydrogen) atoms. The second kappa shape index (κ2) is 8.98. The van der Waals surface area contributed by atoms with Gasteiger partial charge < -0.3 is 20.9 Å². The van der Waals surface area contributed by atoms with E-state index >= 15 is 0 Å². The van der Waals surface area contributed by atoms with E-state index in [0.717, 1.165) is 51.6 Å². The van der Waals surface area contributed by atoms with E-state index in [4.69, 9.17) is 0 Å². The average Bonchev–Trinajstić information content (AvgIpc) is 2.54. The molecule has 0 aromatic heterocycles. The predicted octanol–water partition coefficient (Wildman–Crippen LogP) is 1.08. The molecule has 6 heteroatoms. The Morgan fingerprint density at radius 1 is 0.955 bits per heavy atom. The minimum absolute atomic E-state index is 0.124. The summed E-state index contributed by atoms with van der Waals surface area (Å²) in [6.07, 6.45) is 7.60. The van der Waals surface area contributed by atoms with Gasteiger partial charge >= 0.3 is 6.03 Å². The van der Waals surface area contributed by atoms with Crippen molar-refractivity contribution < 1.29 is 9.59 Å². The van der Waals surface area contributed by atoms with Crippen molar-refractivity contribution in [2.45, 2.75) is 51.0 Å². The summed E-state index contributed by atoms with van der Waals surface area (Å²) in [7, 11) is 2.10. The minimum Gasteiger partial charge on any atom is -0.354 e. The van der Waals surface area contributed by atoms with Crippen LogP contribution in [0.4, 0.5) is 4.79 Å². The molecule has 0 atom stereocenters. The van der Waals surface area contributed by atoms with Crippen LogP contribution in [-0.2, 0) is 4.79 Å². The molecule has 0 aromatic carbocycles. The molecule has 2 aliphatic rings. The highest BCUT2D eigenvalue weighted by molar-refractivity contribution is 5.78. The number of rotatable bonds is 5. The lowest BCUT2D eigenvalue weighted by atomic mass is 9.89. The minimum atomic E-state index is -0.124. The van der Waals surface area contributed by atoms with Gasteiger partial charge in [0.2, 0.25) is 5.91 Å². The number of urea groups is 1. The Kier molecular flexibility index (Phi) is 6.96. The van der Waals surface area contributed by atoms with E-state index in [1.165, 1.54) is 6.42 Å². The molecule has 1 aliphatic heterocycles. The van der Waals surface area contributed by atoms with Gasteiger partial charge in [-0.1, -0.05) is 19.3 Å². The van der Waals surface area contributed by atoms with Crippen molar-refractivity contribution in [3.63, 3.8) is 0 Å². The Balaban J connectivity index is 1.52. The summed E-state index contributed by atoms with van der Waals surface area (Å²) in [6, 6.07) is 0.148. The number of piperidine rings is 1. The highest BCUT2D eigenvalue weighted by atomic mass is 16.2. The molecule has 1 saturated heterocycles. The number of hydrogen-bond donors (Lipinski definition) is 3. The topological polar surface area (TPSA) is 73.5 Å². The van der Waals surface area contributed by atoms with Crippen LogP contribution in [0.25, 0.3) is 0 Å². The van der Waals surface area contributed by atoms with Crippen LogP contribution >= 0.6 is 0 Å². The molecule has 0 aromatic rings. The number of carbonyl (C=O) groups excluding carboxylic acids is 2. The summed E-state index contributed by atoms with van der Waals surface area (Å²) in [5.41, 5.74) is 0. The average molecular weight is 310 g/mol. The Morgan fingerprint density at radius 2 is 1.59 bits per heavy atom. The van der Waals surface area contributed by atoms with Gasteiger partial charge in [-0.2, -0.15) is 0 Å². The van der Waals surface area contributed by atoms with E-state index in [-0.39, 0.29) is 23.9 Å². The number of amides is 3. The second-order valence-electron chi connectivity index (χ2n) is 6.60. The Morgan fingerprint density at radius 3 is 2.27 bits per heavy atom. The number of carbonyl (C=O) groups is 2. The van der Waals surface area contributed by atoms with Gasteiger partial charge in [-0.3, -0.25) is 4.79 Å². The van der Waals surface area contributed by atoms with Gasteiger partial charge in [-0.15, -0.1) is 0 Å². The maximum atomic E-state index is 11.9. The van der Waals surface area contributed by atoms with Crippen LogP contribution in [0.2, 0.25) is 0 Å². The van der Waals surface area contributed by atoms with E-state index in [9.17, 15) is 9.59 Å². The van der Waals surface area contributed by atoms with Gasteiger partial charge in [-0.05, 0) is 45.8 Å². The van der Waals surface area contributed by atoms with Gasteiger partial charge in [0.25, 0.3) is 0 Å². The van der Waals surface area contributed by atoms with E-state index in [2.05, 4.69) is 27.9 Å². The molecule has 1 heterocycles. The molecule has 3 N–H and O–H groups in total. The summed E-state index contributed by atoms with van der Waals surface area (Å²) < 4.78 is 0. The first-order valence-electron chi connectivity index (χ1n) is 8.66. The first-order valence-corrected chi connectivity index (χ1v) is 8.66. The van der Waals surface area contributed by atoms with Gasteiger partial charge in [0.05, 0.1) is 0 Å². The van der Waals surface area contributed by atoms with E-state index in [1.54, 1.807) is 0 Å². The number of nitrogens with one attached hydrogen (secondary N) is 3. The Hall–Kier alpha value is -1.30. The highest BCUT2D eigenvalue weighted by Gasteiger charge is 2.21. The predicted molar refractivity (Wildman–Crippen MR) is 86.6 cm³/mol. The zero-order chi connectivity index (χ0) is 15.8. The summed E-state index contributed by atoms with van der Waals surface area (Å²) in [5.74, 6) is 0.332. The number of likely N-dealkylation sites (tertiary alicyclic amines) is 1. The number of nitrogens with zero attached hydrogens (tertiary/aromatic N) is 1. The molecular weight excluding hydrogens is 280 g/mol. The molecular formula is C16H30N4O2. The van der Waals surface area contributed by atoms with Crippen LogP contribution in [0.15, 0.2) is 0 Å². The lowest BCUT2D eigenvalue weighted by molar-refractivity contribution is -0.125. The zero-order valence-corrected chi connectivity index (χ0v) is 13.7. The molecule has 1 aliphatic carbocycles. The second-order valence-corrected chi connectivity index (χ2v) is 6.60. The van der Waals surface area contributed by atoms with E-state index in [1.807, 2.05) is 0 Å². The molecule has 126 valence electrons. The first-order chi connectivity index (χ1) is 10.6. The maximum Gasteiger partial charge on any atom is 0.315 e. The largest absolute Gasteiger partial charge is 0.354 e. The molecule has 0 spiro atoms. The third-order valence-corrected chi connectivity index (χ3v) is 4.74. The van der Waals surface area contributed by atoms with Crippen molar-refractivity contribution in [3.05, 3.63) is 0 Å². The quantitative estimate of drug-likeness (QED) is 0.665. The fourth-order valence-corrected chi connectivity index (χ4v) is 3.26. The van der Waals surface area contributed by atoms with Crippen LogP contribution in [0.1, 0.15) is 44.9 Å². The third kappa shape index (κ3) is 5.83. The SMILES string of the molecule is CN1CCC(NC(=O)NCCNC(=O)C2CCCCC2)CC1. The van der Waals surface area contributed by atoms with Crippen LogP contribution < -0.4 is 16.0 Å². The van der Waals surface area contributed by atoms with Crippen LogP contribution in [0.3, 0.4) is 0 Å². The van der Waals surface area contributed by atoms with Gasteiger partial charge in [0.1, 0.15) is 0 Å². The summed E-state index contributed by atoms with van der Waals surface area (Å²) in [4.78, 5) is 26.0. The van der Waals surface area contributed by atoms with Crippen LogP contribution in [0.5, 0.6) is 0 Å². The normalized spacial score (nSPS) is 21.3. The van der Waals surface area contributed by atoms with E-state index in [0.29, 0.717) is 13.1 Å². The first kappa shape index (κ1) is 17.1. The van der Waals surface area contributed by atoms with Gasteiger partial charge in [-0.25, -0.2) is 4.79 Å².